The van der Waals surface area contributed by atoms with Crippen molar-refractivity contribution in [2.75, 3.05) is 6.54 Å². The summed E-state index contributed by atoms with van der Waals surface area (Å²) in [5.74, 6) is 0.0928. The molecule has 5 nitrogen and oxygen atoms in total. The minimum Gasteiger partial charge on any atom is -0.348 e. The summed E-state index contributed by atoms with van der Waals surface area (Å²) < 4.78 is 0. The molecule has 24 heavy (non-hydrogen) atoms. The Labute approximate surface area is 144 Å². The molecule has 1 saturated heterocycles. The second-order valence-corrected chi connectivity index (χ2v) is 7.78. The lowest BCUT2D eigenvalue weighted by Crippen LogP contribution is -2.67. The number of hydrogen-bond donors (Lipinski definition) is 2. The fraction of sp³-hybridized carbons (Fsp3) is 0.579. The SMILES string of the molecule is CC(C)C[C@@H]1C(=O)NC(C)(C)CN1C(=O)[C@@H](N)Cc1ccccc1. The van der Waals surface area contributed by atoms with Crippen LogP contribution < -0.4 is 11.1 Å². The first-order valence-corrected chi connectivity index (χ1v) is 8.61. The summed E-state index contributed by atoms with van der Waals surface area (Å²) in [6.45, 7) is 8.45. The average molecular weight is 331 g/mol. The maximum absolute atomic E-state index is 12.9. The molecule has 0 aliphatic carbocycles. The molecular weight excluding hydrogens is 302 g/mol. The highest BCUT2D eigenvalue weighted by atomic mass is 16.2. The zero-order chi connectivity index (χ0) is 17.9. The number of hydrogen-bond acceptors (Lipinski definition) is 3. The molecule has 2 amide bonds. The number of rotatable bonds is 5. The normalized spacial score (nSPS) is 21.5. The maximum Gasteiger partial charge on any atom is 0.243 e. The van der Waals surface area contributed by atoms with Gasteiger partial charge >= 0.3 is 0 Å². The third-order valence-corrected chi connectivity index (χ3v) is 4.30. The van der Waals surface area contributed by atoms with Crippen LogP contribution in [0.1, 0.15) is 39.7 Å². The summed E-state index contributed by atoms with van der Waals surface area (Å²) in [5, 5.41) is 3.01. The summed E-state index contributed by atoms with van der Waals surface area (Å²) in [6.07, 6.45) is 1.12. The first kappa shape index (κ1) is 18.5. The predicted molar refractivity (Wildman–Crippen MR) is 95.3 cm³/mol. The highest BCUT2D eigenvalue weighted by Gasteiger charge is 2.42. The van der Waals surface area contributed by atoms with Gasteiger partial charge in [0.25, 0.3) is 0 Å². The first-order valence-electron chi connectivity index (χ1n) is 8.61. The molecule has 1 aliphatic rings. The van der Waals surface area contributed by atoms with Gasteiger partial charge in [-0.25, -0.2) is 0 Å². The molecule has 132 valence electrons. The molecule has 0 radical (unpaired) electrons. The number of nitrogens with two attached hydrogens (primary N) is 1. The van der Waals surface area contributed by atoms with Crippen LogP contribution in [0.5, 0.6) is 0 Å². The predicted octanol–water partition coefficient (Wildman–Crippen LogP) is 1.71. The molecule has 0 bridgehead atoms. The zero-order valence-corrected chi connectivity index (χ0v) is 15.1. The monoisotopic (exact) mass is 331 g/mol. The van der Waals surface area contributed by atoms with Gasteiger partial charge in [-0.05, 0) is 38.2 Å². The minimum atomic E-state index is -0.635. The zero-order valence-electron chi connectivity index (χ0n) is 15.1. The molecule has 2 rings (SSSR count). The van der Waals surface area contributed by atoms with Gasteiger partial charge in [0.15, 0.2) is 0 Å². The maximum atomic E-state index is 12.9. The van der Waals surface area contributed by atoms with Crippen LogP contribution >= 0.6 is 0 Å². The smallest absolute Gasteiger partial charge is 0.243 e. The summed E-state index contributed by atoms with van der Waals surface area (Å²) >= 11 is 0. The van der Waals surface area contributed by atoms with E-state index in [1.54, 1.807) is 4.90 Å². The van der Waals surface area contributed by atoms with Crippen LogP contribution in [0.15, 0.2) is 30.3 Å². The summed E-state index contributed by atoms with van der Waals surface area (Å²) in [6, 6.07) is 8.66. The number of amides is 2. The standard InChI is InChI=1S/C19H29N3O2/c1-13(2)10-16-17(23)21-19(3,4)12-22(16)18(24)15(20)11-14-8-6-5-7-9-14/h5-9,13,15-16H,10-12,20H2,1-4H3,(H,21,23)/t15-,16+/m0/s1. The lowest BCUT2D eigenvalue weighted by molar-refractivity contribution is -0.148. The molecule has 5 heteroatoms. The van der Waals surface area contributed by atoms with Crippen molar-refractivity contribution in [2.24, 2.45) is 11.7 Å². The molecule has 0 spiro atoms. The van der Waals surface area contributed by atoms with Crippen molar-refractivity contribution in [1.82, 2.24) is 10.2 Å². The number of nitrogens with one attached hydrogen (secondary N) is 1. The fourth-order valence-electron chi connectivity index (χ4n) is 3.21. The molecule has 0 aromatic heterocycles. The van der Waals surface area contributed by atoms with Crippen LogP contribution in [0, 0.1) is 5.92 Å². The Morgan fingerprint density at radius 1 is 1.33 bits per heavy atom. The van der Waals surface area contributed by atoms with Crippen molar-refractivity contribution in [3.05, 3.63) is 35.9 Å². The van der Waals surface area contributed by atoms with Crippen LogP contribution in [0.25, 0.3) is 0 Å². The highest BCUT2D eigenvalue weighted by Crippen LogP contribution is 2.22. The quantitative estimate of drug-likeness (QED) is 0.862. The molecule has 0 saturated carbocycles. The molecule has 1 aromatic rings. The van der Waals surface area contributed by atoms with E-state index in [4.69, 9.17) is 5.73 Å². The van der Waals surface area contributed by atoms with Crippen LogP contribution in [-0.4, -0.2) is 40.9 Å². The molecule has 1 heterocycles. The molecule has 2 atom stereocenters. The van der Waals surface area contributed by atoms with E-state index in [1.165, 1.54) is 0 Å². The van der Waals surface area contributed by atoms with Gasteiger partial charge in [-0.1, -0.05) is 44.2 Å². The van der Waals surface area contributed by atoms with Gasteiger partial charge in [0, 0.05) is 6.54 Å². The molecule has 3 N–H and O–H groups in total. The van der Waals surface area contributed by atoms with Crippen LogP contribution in [0.4, 0.5) is 0 Å². The molecule has 1 fully saturated rings. The largest absolute Gasteiger partial charge is 0.348 e. The lowest BCUT2D eigenvalue weighted by atomic mass is 9.92. The Morgan fingerprint density at radius 3 is 2.54 bits per heavy atom. The number of nitrogens with zero attached hydrogens (tertiary/aromatic N) is 1. The topological polar surface area (TPSA) is 75.4 Å². The summed E-state index contributed by atoms with van der Waals surface area (Å²) in [7, 11) is 0. The van der Waals surface area contributed by atoms with Crippen molar-refractivity contribution < 1.29 is 9.59 Å². The summed E-state index contributed by atoms with van der Waals surface area (Å²) in [5.41, 5.74) is 6.77. The molecule has 1 aliphatic heterocycles. The number of piperazine rings is 1. The number of carbonyl (C=O) groups is 2. The first-order chi connectivity index (χ1) is 11.2. The van der Waals surface area contributed by atoms with Crippen molar-refractivity contribution in [3.8, 4) is 0 Å². The van der Waals surface area contributed by atoms with E-state index in [9.17, 15) is 9.59 Å². The Morgan fingerprint density at radius 2 is 1.96 bits per heavy atom. The van der Waals surface area contributed by atoms with E-state index < -0.39 is 17.6 Å². The average Bonchev–Trinajstić information content (AvgIpc) is 2.49. The van der Waals surface area contributed by atoms with Crippen molar-refractivity contribution in [3.63, 3.8) is 0 Å². The van der Waals surface area contributed by atoms with Gasteiger partial charge in [-0.2, -0.15) is 0 Å². The van der Waals surface area contributed by atoms with Crippen LogP contribution in [0.2, 0.25) is 0 Å². The third-order valence-electron chi connectivity index (χ3n) is 4.30. The van der Waals surface area contributed by atoms with Gasteiger partial charge in [0.2, 0.25) is 11.8 Å². The second-order valence-electron chi connectivity index (χ2n) is 7.78. The summed E-state index contributed by atoms with van der Waals surface area (Å²) in [4.78, 5) is 27.1. The Balaban J connectivity index is 2.17. The second kappa shape index (κ2) is 7.34. The van der Waals surface area contributed by atoms with E-state index in [0.29, 0.717) is 25.3 Å². The molecule has 0 unspecified atom stereocenters. The van der Waals surface area contributed by atoms with Crippen molar-refractivity contribution in [1.29, 1.82) is 0 Å². The molecule has 1 aromatic carbocycles. The van der Waals surface area contributed by atoms with Crippen LogP contribution in [-0.2, 0) is 16.0 Å². The van der Waals surface area contributed by atoms with E-state index in [1.807, 2.05) is 44.2 Å². The van der Waals surface area contributed by atoms with Gasteiger partial charge in [-0.15, -0.1) is 0 Å². The molecular formula is C19H29N3O2. The van der Waals surface area contributed by atoms with Gasteiger partial charge in [-0.3, -0.25) is 9.59 Å². The Hall–Kier alpha value is -1.88. The Kier molecular flexibility index (Phi) is 5.65. The van der Waals surface area contributed by atoms with Gasteiger partial charge in [0.05, 0.1) is 11.6 Å². The highest BCUT2D eigenvalue weighted by molar-refractivity contribution is 5.91. The van der Waals surface area contributed by atoms with E-state index in [-0.39, 0.29) is 11.8 Å². The third kappa shape index (κ3) is 4.57. The number of carbonyl (C=O) groups excluding carboxylic acids is 2. The number of benzene rings is 1. The van der Waals surface area contributed by atoms with E-state index >= 15 is 0 Å². The van der Waals surface area contributed by atoms with E-state index in [0.717, 1.165) is 5.56 Å². The van der Waals surface area contributed by atoms with Crippen molar-refractivity contribution in [2.45, 2.75) is 58.2 Å². The fourth-order valence-corrected chi connectivity index (χ4v) is 3.21. The lowest BCUT2D eigenvalue weighted by Gasteiger charge is -2.45. The Bertz CT molecular complexity index is 584. The van der Waals surface area contributed by atoms with E-state index in [2.05, 4.69) is 19.2 Å². The van der Waals surface area contributed by atoms with Crippen LogP contribution in [0.3, 0.4) is 0 Å². The van der Waals surface area contributed by atoms with Gasteiger partial charge < -0.3 is 16.0 Å². The minimum absolute atomic E-state index is 0.0831. The van der Waals surface area contributed by atoms with Gasteiger partial charge in [0.1, 0.15) is 6.04 Å². The van der Waals surface area contributed by atoms with Crippen molar-refractivity contribution >= 4 is 11.8 Å².